The van der Waals surface area contributed by atoms with Gasteiger partial charge in [-0.3, -0.25) is 0 Å². The van der Waals surface area contributed by atoms with Crippen LogP contribution in [0.2, 0.25) is 5.02 Å². The van der Waals surface area contributed by atoms with Gasteiger partial charge in [0, 0.05) is 11.2 Å². The summed E-state index contributed by atoms with van der Waals surface area (Å²) in [7, 11) is 0. The second-order valence-corrected chi connectivity index (χ2v) is 5.92. The Morgan fingerprint density at radius 1 is 1.26 bits per heavy atom. The maximum absolute atomic E-state index is 7.44. The van der Waals surface area contributed by atoms with E-state index in [1.165, 1.54) is 6.21 Å². The Morgan fingerprint density at radius 2 is 2.13 bits per heavy atom. The maximum Gasteiger partial charge on any atom is 0.101 e. The first-order chi connectivity index (χ1) is 11.2. The number of nitrogens with one attached hydrogen (secondary N) is 2. The van der Waals surface area contributed by atoms with Gasteiger partial charge >= 0.3 is 0 Å². The summed E-state index contributed by atoms with van der Waals surface area (Å²) in [5.74, 6) is 0. The molecule has 2 aromatic carbocycles. The van der Waals surface area contributed by atoms with Gasteiger partial charge < -0.3 is 16.5 Å². The Hall–Kier alpha value is -2.36. The van der Waals surface area contributed by atoms with Gasteiger partial charge in [0.1, 0.15) is 6.17 Å². The molecule has 1 heterocycles. The molecular weight excluding hydrogens is 306 g/mol. The second-order valence-electron chi connectivity index (χ2n) is 5.49. The van der Waals surface area contributed by atoms with Gasteiger partial charge in [0.05, 0.1) is 0 Å². The van der Waals surface area contributed by atoms with Crippen molar-refractivity contribution in [2.75, 3.05) is 0 Å². The molecule has 0 aliphatic carbocycles. The summed E-state index contributed by atoms with van der Waals surface area (Å²) >= 11 is 6.07. The molecule has 116 valence electrons. The van der Waals surface area contributed by atoms with Gasteiger partial charge in [-0.1, -0.05) is 35.9 Å². The van der Waals surface area contributed by atoms with Crippen LogP contribution in [0.15, 0.2) is 54.7 Å². The third kappa shape index (κ3) is 3.52. The monoisotopic (exact) mass is 323 g/mol. The van der Waals surface area contributed by atoms with Gasteiger partial charge in [-0.05, 0) is 70.8 Å². The van der Waals surface area contributed by atoms with Gasteiger partial charge in [-0.2, -0.15) is 0 Å². The van der Waals surface area contributed by atoms with Crippen LogP contribution in [0.3, 0.4) is 0 Å². The first kappa shape index (κ1) is 15.5. The average molecular weight is 324 g/mol. The van der Waals surface area contributed by atoms with Crippen LogP contribution < -0.4 is 11.1 Å². The fraction of sp³-hybridized carbons (Fsp3) is 0.105. The SMILES string of the molecule is N=C/C=C(\Cc1cccc(Cl)c1)c1ccc2c(c1)C(N)NC=C2. The number of hydrogen-bond acceptors (Lipinski definition) is 3. The highest BCUT2D eigenvalue weighted by Gasteiger charge is 2.14. The van der Waals surface area contributed by atoms with Crippen molar-refractivity contribution >= 4 is 29.5 Å². The number of benzene rings is 2. The highest BCUT2D eigenvalue weighted by atomic mass is 35.5. The molecule has 4 N–H and O–H groups in total. The molecule has 3 rings (SSSR count). The standard InChI is InChI=1S/C19H18ClN3/c20-17-3-1-2-13(11-17)10-16(6-8-21)15-5-4-14-7-9-23-19(22)18(14)12-15/h1-9,11-12,19,21,23H,10,22H2/b16-6+,21-8?. The number of rotatable bonds is 4. The van der Waals surface area contributed by atoms with E-state index in [1.54, 1.807) is 0 Å². The van der Waals surface area contributed by atoms with Crippen molar-refractivity contribution in [1.29, 1.82) is 5.41 Å². The molecule has 1 atom stereocenters. The Bertz CT molecular complexity index is 793. The number of halogens is 1. The number of nitrogens with two attached hydrogens (primary N) is 1. The predicted molar refractivity (Wildman–Crippen MR) is 97.5 cm³/mol. The van der Waals surface area contributed by atoms with E-state index in [0.717, 1.165) is 32.8 Å². The molecule has 1 aliphatic heterocycles. The average Bonchev–Trinajstić information content (AvgIpc) is 2.55. The molecule has 0 saturated heterocycles. The normalized spacial score (nSPS) is 16.6. The number of allylic oxidation sites excluding steroid dienone is 2. The van der Waals surface area contributed by atoms with Crippen molar-refractivity contribution in [2.45, 2.75) is 12.6 Å². The molecule has 0 fully saturated rings. The van der Waals surface area contributed by atoms with E-state index in [9.17, 15) is 0 Å². The lowest BCUT2D eigenvalue weighted by molar-refractivity contribution is 0.646. The Balaban J connectivity index is 1.96. The van der Waals surface area contributed by atoms with Crippen LogP contribution in [0.25, 0.3) is 11.6 Å². The van der Waals surface area contributed by atoms with E-state index in [-0.39, 0.29) is 6.17 Å². The third-order valence-corrected chi connectivity index (χ3v) is 4.13. The molecule has 0 saturated carbocycles. The first-order valence-electron chi connectivity index (χ1n) is 7.44. The number of fused-ring (bicyclic) bond motifs is 1. The smallest absolute Gasteiger partial charge is 0.101 e. The van der Waals surface area contributed by atoms with Gasteiger partial charge in [0.15, 0.2) is 0 Å². The summed E-state index contributed by atoms with van der Waals surface area (Å²) in [6, 6.07) is 14.0. The lowest BCUT2D eigenvalue weighted by Gasteiger charge is -2.21. The number of hydrogen-bond donors (Lipinski definition) is 3. The quantitative estimate of drug-likeness (QED) is 0.740. The fourth-order valence-corrected chi connectivity index (χ4v) is 2.96. The van der Waals surface area contributed by atoms with E-state index < -0.39 is 0 Å². The van der Waals surface area contributed by atoms with Crippen LogP contribution >= 0.6 is 11.6 Å². The van der Waals surface area contributed by atoms with E-state index in [1.807, 2.05) is 42.6 Å². The van der Waals surface area contributed by atoms with Crippen LogP contribution in [-0.4, -0.2) is 6.21 Å². The highest BCUT2D eigenvalue weighted by molar-refractivity contribution is 6.30. The molecule has 0 spiro atoms. The summed E-state index contributed by atoms with van der Waals surface area (Å²) < 4.78 is 0. The molecule has 0 aromatic heterocycles. The van der Waals surface area contributed by atoms with Gasteiger partial charge in [-0.15, -0.1) is 0 Å². The summed E-state index contributed by atoms with van der Waals surface area (Å²) in [6.07, 6.45) is 7.53. The zero-order chi connectivity index (χ0) is 16.2. The molecule has 1 unspecified atom stereocenters. The Labute approximate surface area is 141 Å². The topological polar surface area (TPSA) is 61.9 Å². The second kappa shape index (κ2) is 6.82. The first-order valence-corrected chi connectivity index (χ1v) is 7.82. The van der Waals surface area contributed by atoms with Gasteiger partial charge in [-0.25, -0.2) is 0 Å². The molecule has 4 heteroatoms. The molecule has 0 radical (unpaired) electrons. The molecule has 3 nitrogen and oxygen atoms in total. The van der Waals surface area contributed by atoms with Crippen LogP contribution in [0.1, 0.15) is 28.4 Å². The fourth-order valence-electron chi connectivity index (χ4n) is 2.75. The molecular formula is C19H18ClN3. The van der Waals surface area contributed by atoms with E-state index in [2.05, 4.69) is 23.5 Å². The Kier molecular flexibility index (Phi) is 4.60. The molecule has 0 bridgehead atoms. The summed E-state index contributed by atoms with van der Waals surface area (Å²) in [5.41, 5.74) is 11.5. The van der Waals surface area contributed by atoms with E-state index >= 15 is 0 Å². The summed E-state index contributed by atoms with van der Waals surface area (Å²) in [6.45, 7) is 0. The van der Waals surface area contributed by atoms with Crippen molar-refractivity contribution in [3.8, 4) is 0 Å². The minimum absolute atomic E-state index is 0.206. The summed E-state index contributed by atoms with van der Waals surface area (Å²) in [4.78, 5) is 0. The lowest BCUT2D eigenvalue weighted by Crippen LogP contribution is -2.27. The minimum atomic E-state index is -0.206. The highest BCUT2D eigenvalue weighted by Crippen LogP contribution is 2.27. The van der Waals surface area contributed by atoms with Crippen LogP contribution in [0.4, 0.5) is 0 Å². The molecule has 0 amide bonds. The van der Waals surface area contributed by atoms with Crippen molar-refractivity contribution in [3.05, 3.63) is 82.0 Å². The zero-order valence-electron chi connectivity index (χ0n) is 12.6. The minimum Gasteiger partial charge on any atom is -0.372 e. The zero-order valence-corrected chi connectivity index (χ0v) is 13.3. The molecule has 1 aliphatic rings. The van der Waals surface area contributed by atoms with E-state index in [0.29, 0.717) is 6.42 Å². The largest absolute Gasteiger partial charge is 0.372 e. The van der Waals surface area contributed by atoms with Crippen molar-refractivity contribution in [3.63, 3.8) is 0 Å². The third-order valence-electron chi connectivity index (χ3n) is 3.90. The molecule has 23 heavy (non-hydrogen) atoms. The van der Waals surface area contributed by atoms with Gasteiger partial charge in [0.25, 0.3) is 0 Å². The van der Waals surface area contributed by atoms with Crippen LogP contribution in [-0.2, 0) is 6.42 Å². The van der Waals surface area contributed by atoms with Gasteiger partial charge in [0.2, 0.25) is 0 Å². The van der Waals surface area contributed by atoms with Crippen molar-refractivity contribution < 1.29 is 0 Å². The lowest BCUT2D eigenvalue weighted by atomic mass is 9.93. The Morgan fingerprint density at radius 3 is 2.91 bits per heavy atom. The summed E-state index contributed by atoms with van der Waals surface area (Å²) in [5, 5.41) is 11.3. The predicted octanol–water partition coefficient (Wildman–Crippen LogP) is 4.15. The van der Waals surface area contributed by atoms with E-state index in [4.69, 9.17) is 22.7 Å². The maximum atomic E-state index is 7.44. The van der Waals surface area contributed by atoms with Crippen molar-refractivity contribution in [2.24, 2.45) is 5.73 Å². The molecule has 2 aromatic rings. The van der Waals surface area contributed by atoms with Crippen LogP contribution in [0.5, 0.6) is 0 Å². The van der Waals surface area contributed by atoms with Crippen molar-refractivity contribution in [1.82, 2.24) is 5.32 Å². The van der Waals surface area contributed by atoms with Crippen LogP contribution in [0, 0.1) is 5.41 Å².